The summed E-state index contributed by atoms with van der Waals surface area (Å²) in [5.74, 6) is 6.66. The van der Waals surface area contributed by atoms with Gasteiger partial charge >= 0.3 is 0 Å². The Morgan fingerprint density at radius 3 is 2.83 bits per heavy atom. The zero-order valence-electron chi connectivity index (χ0n) is 17.3. The molecule has 1 aromatic heterocycles. The number of rotatable bonds is 4. The van der Waals surface area contributed by atoms with Gasteiger partial charge in [-0.2, -0.15) is 0 Å². The summed E-state index contributed by atoms with van der Waals surface area (Å²) in [4.78, 5) is 29.2. The van der Waals surface area contributed by atoms with Gasteiger partial charge in [-0.3, -0.25) is 20.0 Å². The molecule has 1 amide bonds. The van der Waals surface area contributed by atoms with E-state index >= 15 is 0 Å². The molecule has 1 aromatic rings. The van der Waals surface area contributed by atoms with Gasteiger partial charge in [0.1, 0.15) is 16.5 Å². The van der Waals surface area contributed by atoms with Gasteiger partial charge in [-0.1, -0.05) is 19.9 Å². The number of nitrogens with two attached hydrogens (primary N) is 1. The Morgan fingerprint density at radius 2 is 2.24 bits per heavy atom. The van der Waals surface area contributed by atoms with Gasteiger partial charge in [0.25, 0.3) is 0 Å². The maximum absolute atomic E-state index is 10.7. The number of aromatic nitrogens is 1. The number of ether oxygens (including phenoxy) is 1. The van der Waals surface area contributed by atoms with Crippen molar-refractivity contribution in [3.05, 3.63) is 39.6 Å². The molecule has 29 heavy (non-hydrogen) atoms. The molecule has 0 spiro atoms. The van der Waals surface area contributed by atoms with Crippen molar-refractivity contribution >= 4 is 29.5 Å². The molecule has 1 aliphatic heterocycles. The Balaban J connectivity index is 0.000000287. The minimum Gasteiger partial charge on any atom is -0.493 e. The molecule has 5 N–H and O–H groups in total. The zero-order chi connectivity index (χ0) is 21.6. The molecule has 0 radical (unpaired) electrons. The number of guanidine groups is 1. The summed E-state index contributed by atoms with van der Waals surface area (Å²) < 4.78 is 5.49. The first-order valence-corrected chi connectivity index (χ1v) is 10.3. The van der Waals surface area contributed by atoms with Gasteiger partial charge in [-0.05, 0) is 18.1 Å². The van der Waals surface area contributed by atoms with E-state index in [0.717, 1.165) is 36.5 Å². The van der Waals surface area contributed by atoms with Crippen LogP contribution in [0.5, 0.6) is 0 Å². The van der Waals surface area contributed by atoms with Crippen molar-refractivity contribution in [2.75, 3.05) is 27.2 Å². The van der Waals surface area contributed by atoms with E-state index in [1.54, 1.807) is 25.4 Å². The summed E-state index contributed by atoms with van der Waals surface area (Å²) in [5.41, 5.74) is 4.12. The van der Waals surface area contributed by atoms with Crippen molar-refractivity contribution in [1.82, 2.24) is 21.0 Å². The second kappa shape index (κ2) is 13.5. The average molecular weight is 423 g/mol. The molecular formula is C19H30N6O3S. The van der Waals surface area contributed by atoms with Crippen LogP contribution < -0.4 is 21.9 Å². The van der Waals surface area contributed by atoms with Gasteiger partial charge in [0.05, 0.1) is 13.2 Å². The monoisotopic (exact) mass is 422 g/mol. The van der Waals surface area contributed by atoms with Crippen LogP contribution in [0.1, 0.15) is 48.1 Å². The molecule has 0 aromatic carbocycles. The van der Waals surface area contributed by atoms with Crippen LogP contribution in [0.15, 0.2) is 33.9 Å². The molecule has 160 valence electrons. The van der Waals surface area contributed by atoms with Gasteiger partial charge in [0.2, 0.25) is 11.9 Å². The highest BCUT2D eigenvalue weighted by Gasteiger charge is 2.23. The largest absolute Gasteiger partial charge is 0.493 e. The molecule has 3 rings (SSSR count). The Kier molecular flexibility index (Phi) is 11.3. The third-order valence-corrected chi connectivity index (χ3v) is 4.93. The minimum absolute atomic E-state index is 0.124. The molecule has 1 atom stereocenters. The highest BCUT2D eigenvalue weighted by atomic mass is 32.1. The fourth-order valence-electron chi connectivity index (χ4n) is 2.53. The van der Waals surface area contributed by atoms with Crippen LogP contribution in [0.4, 0.5) is 0 Å². The molecular weight excluding hydrogens is 392 g/mol. The van der Waals surface area contributed by atoms with E-state index in [9.17, 15) is 9.59 Å². The molecule has 1 saturated heterocycles. The molecule has 10 heteroatoms. The predicted molar refractivity (Wildman–Crippen MR) is 116 cm³/mol. The second-order valence-electron chi connectivity index (χ2n) is 5.67. The summed E-state index contributed by atoms with van der Waals surface area (Å²) in [6, 6.07) is 0. The van der Waals surface area contributed by atoms with Crippen LogP contribution >= 0.6 is 11.3 Å². The van der Waals surface area contributed by atoms with Crippen LogP contribution in [-0.4, -0.2) is 50.4 Å². The summed E-state index contributed by atoms with van der Waals surface area (Å²) in [5, 5.41) is 7.95. The highest BCUT2D eigenvalue weighted by molar-refractivity contribution is 7.09. The highest BCUT2D eigenvalue weighted by Crippen LogP contribution is 2.36. The molecule has 1 unspecified atom stereocenters. The van der Waals surface area contributed by atoms with Crippen molar-refractivity contribution in [3.63, 3.8) is 0 Å². The standard InChI is InChI=1S/C12H11NO2S.C5H13N5O.C2H6/c14-6-10-7-16-12(13-10)9-1-2-11-8(5-9)3-4-15-11;1-7-4(11)3-9-5(8-2)10-6;1-2/h2,5-7,9H,1,3-4H2;3,6H2,1-2H3,(H,7,11)(H2,8,9,10);1-2H3. The Labute approximate surface area is 175 Å². The van der Waals surface area contributed by atoms with Crippen molar-refractivity contribution in [3.8, 4) is 0 Å². The van der Waals surface area contributed by atoms with E-state index < -0.39 is 0 Å². The predicted octanol–water partition coefficient (Wildman–Crippen LogP) is 1.47. The number of likely N-dealkylation sites (N-methyl/N-ethyl adjacent to an activating group) is 1. The van der Waals surface area contributed by atoms with E-state index in [-0.39, 0.29) is 12.5 Å². The van der Waals surface area contributed by atoms with E-state index in [1.807, 2.05) is 19.2 Å². The number of hydrogen-bond donors (Lipinski definition) is 4. The molecule has 0 saturated carbocycles. The molecule has 1 aliphatic carbocycles. The second-order valence-corrected chi connectivity index (χ2v) is 6.56. The van der Waals surface area contributed by atoms with Crippen LogP contribution in [-0.2, 0) is 9.53 Å². The summed E-state index contributed by atoms with van der Waals surface area (Å²) in [6.07, 6.45) is 7.08. The van der Waals surface area contributed by atoms with Crippen LogP contribution in [0.25, 0.3) is 0 Å². The quantitative estimate of drug-likeness (QED) is 0.190. The van der Waals surface area contributed by atoms with Crippen molar-refractivity contribution < 1.29 is 14.3 Å². The van der Waals surface area contributed by atoms with Crippen LogP contribution in [0.3, 0.4) is 0 Å². The topological polar surface area (TPSA) is 131 Å². The maximum atomic E-state index is 10.7. The number of amides is 1. The lowest BCUT2D eigenvalue weighted by Gasteiger charge is -2.14. The molecule has 2 aliphatic rings. The number of thiazole rings is 1. The van der Waals surface area contributed by atoms with Crippen molar-refractivity contribution in [1.29, 1.82) is 0 Å². The van der Waals surface area contributed by atoms with Gasteiger partial charge < -0.3 is 15.4 Å². The fraction of sp³-hybridized carbons (Fsp3) is 0.474. The molecule has 2 heterocycles. The average Bonchev–Trinajstić information content (AvgIpc) is 3.44. The van der Waals surface area contributed by atoms with Crippen LogP contribution in [0, 0.1) is 0 Å². The van der Waals surface area contributed by atoms with E-state index in [2.05, 4.69) is 38.2 Å². The molecule has 1 fully saturated rings. The van der Waals surface area contributed by atoms with Crippen molar-refractivity contribution in [2.24, 2.45) is 10.8 Å². The SMILES string of the molecule is CC.CN=C(NN)NCC(=O)NC.O=Cc1csc(C2C=C3CCOC3=CC2)n1. The van der Waals surface area contributed by atoms with Crippen LogP contribution in [0.2, 0.25) is 0 Å². The summed E-state index contributed by atoms with van der Waals surface area (Å²) in [6.45, 7) is 4.95. The number of aliphatic imine (C=N–C) groups is 1. The lowest BCUT2D eigenvalue weighted by atomic mass is 9.95. The van der Waals surface area contributed by atoms with Gasteiger partial charge in [0, 0.05) is 31.8 Å². The number of fused-ring (bicyclic) bond motifs is 1. The number of carbonyl (C=O) groups is 2. The first-order chi connectivity index (χ1) is 14.1. The van der Waals surface area contributed by atoms with Gasteiger partial charge in [-0.15, -0.1) is 11.3 Å². The first-order valence-electron chi connectivity index (χ1n) is 9.43. The lowest BCUT2D eigenvalue weighted by molar-refractivity contribution is -0.119. The number of hydrogen-bond acceptors (Lipinski definition) is 7. The van der Waals surface area contributed by atoms with E-state index in [1.165, 1.54) is 5.57 Å². The molecule has 9 nitrogen and oxygen atoms in total. The number of nitrogens with zero attached hydrogens (tertiary/aromatic N) is 2. The summed E-state index contributed by atoms with van der Waals surface area (Å²) in [7, 11) is 3.12. The Hall–Kier alpha value is -2.72. The number of carbonyl (C=O) groups excluding carboxylic acids is 2. The fourth-order valence-corrected chi connectivity index (χ4v) is 3.38. The van der Waals surface area contributed by atoms with E-state index in [4.69, 9.17) is 10.6 Å². The smallest absolute Gasteiger partial charge is 0.239 e. The number of hydrazine groups is 1. The lowest BCUT2D eigenvalue weighted by Crippen LogP contribution is -2.45. The zero-order valence-corrected chi connectivity index (χ0v) is 18.1. The normalized spacial score (nSPS) is 17.0. The van der Waals surface area contributed by atoms with Gasteiger partial charge in [0.15, 0.2) is 6.29 Å². The van der Waals surface area contributed by atoms with E-state index in [0.29, 0.717) is 17.6 Å². The van der Waals surface area contributed by atoms with Gasteiger partial charge in [-0.25, -0.2) is 10.8 Å². The third-order valence-electron chi connectivity index (χ3n) is 3.94. The minimum atomic E-state index is -0.124. The molecule has 0 bridgehead atoms. The number of allylic oxidation sites excluding steroid dienone is 3. The number of aldehydes is 1. The van der Waals surface area contributed by atoms with Crippen molar-refractivity contribution in [2.45, 2.75) is 32.6 Å². The summed E-state index contributed by atoms with van der Waals surface area (Å²) >= 11 is 1.56. The third kappa shape index (κ3) is 7.66. The maximum Gasteiger partial charge on any atom is 0.239 e. The number of nitrogens with one attached hydrogen (secondary N) is 3. The first kappa shape index (κ1) is 24.3. The Bertz CT molecular complexity index is 757. The Morgan fingerprint density at radius 1 is 1.48 bits per heavy atom.